The number of allylic oxidation sites excluding steroid dienone is 4. The van der Waals surface area contributed by atoms with Crippen molar-refractivity contribution >= 4 is 34.2 Å². The molecule has 0 amide bonds. The number of hydrogen-bond acceptors (Lipinski definition) is 6. The van der Waals surface area contributed by atoms with E-state index in [1.54, 1.807) is 13.2 Å². The summed E-state index contributed by atoms with van der Waals surface area (Å²) >= 11 is 2.25. The lowest BCUT2D eigenvalue weighted by Gasteiger charge is -2.44. The molecule has 1 aromatic carbocycles. The second-order valence-corrected chi connectivity index (χ2v) is 10.2. The zero-order valence-electron chi connectivity index (χ0n) is 20.7. The van der Waals surface area contributed by atoms with E-state index in [0.717, 1.165) is 70.3 Å². The fourth-order valence-electron chi connectivity index (χ4n) is 5.49. The number of hydrogen-bond donors (Lipinski definition) is 0. The van der Waals surface area contributed by atoms with Gasteiger partial charge < -0.3 is 19.1 Å². The molecule has 7 heteroatoms. The van der Waals surface area contributed by atoms with Crippen LogP contribution in [0.3, 0.4) is 0 Å². The maximum absolute atomic E-state index is 13.5. The van der Waals surface area contributed by atoms with Gasteiger partial charge in [0.1, 0.15) is 6.61 Å². The number of benzene rings is 1. The van der Waals surface area contributed by atoms with E-state index in [1.807, 2.05) is 19.1 Å². The smallest absolute Gasteiger partial charge is 0.174 e. The lowest BCUT2D eigenvalue weighted by Crippen LogP contribution is -2.39. The van der Waals surface area contributed by atoms with Crippen LogP contribution in [0.25, 0.3) is 0 Å². The summed E-state index contributed by atoms with van der Waals surface area (Å²) < 4.78 is 18.1. The molecule has 0 spiro atoms. The van der Waals surface area contributed by atoms with Crippen molar-refractivity contribution in [2.24, 2.45) is 0 Å². The molecule has 3 aliphatic rings. The van der Waals surface area contributed by atoms with Crippen molar-refractivity contribution in [1.29, 1.82) is 0 Å². The first-order valence-corrected chi connectivity index (χ1v) is 13.6. The first-order chi connectivity index (χ1) is 17.0. The Balaban J connectivity index is 1.89. The Bertz CT molecular complexity index is 1030. The standard InChI is InChI=1S/C28H34INO5/c1-4-14-35-28-19(29)16-18(17-24(28)34-5-2)25-26-20(9-6-11-22(26)31)30(13-8-15-33-3)21-10-7-12-23(32)27(21)25/h4,16-17,25H,1,5-15H2,2-3H3. The average Bonchev–Trinajstić information content (AvgIpc) is 2.84. The van der Waals surface area contributed by atoms with E-state index in [2.05, 4.69) is 34.1 Å². The molecule has 1 heterocycles. The maximum atomic E-state index is 13.5. The summed E-state index contributed by atoms with van der Waals surface area (Å²) in [6.07, 6.45) is 6.99. The van der Waals surface area contributed by atoms with Crippen LogP contribution >= 0.6 is 22.6 Å². The van der Waals surface area contributed by atoms with Gasteiger partial charge in [-0.25, -0.2) is 0 Å². The lowest BCUT2D eigenvalue weighted by molar-refractivity contribution is -0.117. The van der Waals surface area contributed by atoms with Crippen LogP contribution in [-0.2, 0) is 14.3 Å². The van der Waals surface area contributed by atoms with Crippen molar-refractivity contribution in [3.8, 4) is 11.5 Å². The van der Waals surface area contributed by atoms with Crippen molar-refractivity contribution < 1.29 is 23.8 Å². The van der Waals surface area contributed by atoms with E-state index in [-0.39, 0.29) is 17.5 Å². The van der Waals surface area contributed by atoms with Gasteiger partial charge >= 0.3 is 0 Å². The van der Waals surface area contributed by atoms with E-state index in [4.69, 9.17) is 14.2 Å². The molecule has 0 atom stereocenters. The van der Waals surface area contributed by atoms with Gasteiger partial charge in [-0.1, -0.05) is 12.7 Å². The minimum atomic E-state index is -0.361. The Hall–Kier alpha value is -2.13. The van der Waals surface area contributed by atoms with E-state index in [9.17, 15) is 9.59 Å². The number of Topliss-reactive ketones (excluding diaryl/α,β-unsaturated/α-hetero) is 2. The largest absolute Gasteiger partial charge is 0.490 e. The summed E-state index contributed by atoms with van der Waals surface area (Å²) in [6, 6.07) is 4.01. The molecule has 0 unspecified atom stereocenters. The molecule has 0 bridgehead atoms. The van der Waals surface area contributed by atoms with Gasteiger partial charge in [0.05, 0.1) is 10.2 Å². The SMILES string of the molecule is C=CCOc1c(I)cc(C2C3=C(CCCC3=O)N(CCCOC)C3=C2C(=O)CCC3)cc1OCC. The van der Waals surface area contributed by atoms with Crippen LogP contribution in [-0.4, -0.2) is 49.9 Å². The molecule has 1 aliphatic heterocycles. The Morgan fingerprint density at radius 3 is 2.29 bits per heavy atom. The molecular weight excluding hydrogens is 557 g/mol. The van der Waals surface area contributed by atoms with Crippen molar-refractivity contribution in [3.05, 3.63) is 56.5 Å². The first kappa shape index (κ1) is 25.9. The second kappa shape index (κ2) is 11.7. The van der Waals surface area contributed by atoms with Gasteiger partial charge in [0.25, 0.3) is 0 Å². The van der Waals surface area contributed by atoms with Gasteiger partial charge in [-0.2, -0.15) is 0 Å². The molecule has 0 aromatic heterocycles. The molecule has 0 radical (unpaired) electrons. The van der Waals surface area contributed by atoms with Gasteiger partial charge in [0, 0.05) is 61.6 Å². The highest BCUT2D eigenvalue weighted by atomic mass is 127. The number of ketones is 2. The normalized spacial score (nSPS) is 18.5. The van der Waals surface area contributed by atoms with Crippen LogP contribution in [0.2, 0.25) is 0 Å². The Kier molecular flexibility index (Phi) is 8.70. The number of ether oxygens (including phenoxy) is 3. The van der Waals surface area contributed by atoms with Gasteiger partial charge in [-0.15, -0.1) is 0 Å². The minimum Gasteiger partial charge on any atom is -0.490 e. The van der Waals surface area contributed by atoms with Crippen LogP contribution in [0.1, 0.15) is 63.4 Å². The summed E-state index contributed by atoms with van der Waals surface area (Å²) in [7, 11) is 1.70. The number of halogens is 1. The fourth-order valence-corrected chi connectivity index (χ4v) is 6.27. The maximum Gasteiger partial charge on any atom is 0.174 e. The highest BCUT2D eigenvalue weighted by molar-refractivity contribution is 14.1. The minimum absolute atomic E-state index is 0.151. The van der Waals surface area contributed by atoms with Crippen LogP contribution in [0.5, 0.6) is 11.5 Å². The van der Waals surface area contributed by atoms with Crippen LogP contribution in [0.4, 0.5) is 0 Å². The van der Waals surface area contributed by atoms with Gasteiger partial charge in [-0.05, 0) is 79.3 Å². The molecule has 35 heavy (non-hydrogen) atoms. The summed E-state index contributed by atoms with van der Waals surface area (Å²) in [5.41, 5.74) is 4.69. The molecule has 188 valence electrons. The van der Waals surface area contributed by atoms with Crippen LogP contribution < -0.4 is 9.47 Å². The Labute approximate surface area is 221 Å². The summed E-state index contributed by atoms with van der Waals surface area (Å²) in [4.78, 5) is 29.2. The quantitative estimate of drug-likeness (QED) is 0.198. The summed E-state index contributed by atoms with van der Waals surface area (Å²) in [5, 5.41) is 0. The van der Waals surface area contributed by atoms with E-state index >= 15 is 0 Å². The molecule has 6 nitrogen and oxygen atoms in total. The zero-order valence-corrected chi connectivity index (χ0v) is 22.8. The number of carbonyl (C=O) groups is 2. The third-order valence-corrected chi connectivity index (χ3v) is 7.63. The molecule has 2 aliphatic carbocycles. The van der Waals surface area contributed by atoms with Gasteiger partial charge in [0.2, 0.25) is 0 Å². The van der Waals surface area contributed by atoms with Crippen LogP contribution in [0, 0.1) is 3.57 Å². The molecule has 0 saturated carbocycles. The predicted octanol–water partition coefficient (Wildman–Crippen LogP) is 5.70. The van der Waals surface area contributed by atoms with Crippen molar-refractivity contribution in [2.45, 2.75) is 57.8 Å². The number of nitrogens with zero attached hydrogens (tertiary/aromatic N) is 1. The van der Waals surface area contributed by atoms with E-state index < -0.39 is 0 Å². The zero-order chi connectivity index (χ0) is 24.9. The Morgan fingerprint density at radius 1 is 1.06 bits per heavy atom. The highest BCUT2D eigenvalue weighted by Gasteiger charge is 2.43. The van der Waals surface area contributed by atoms with Crippen molar-refractivity contribution in [3.63, 3.8) is 0 Å². The first-order valence-electron chi connectivity index (χ1n) is 12.5. The molecule has 0 fully saturated rings. The second-order valence-electron chi connectivity index (χ2n) is 9.07. The lowest BCUT2D eigenvalue weighted by atomic mass is 9.71. The van der Waals surface area contributed by atoms with Crippen molar-refractivity contribution in [1.82, 2.24) is 4.90 Å². The highest BCUT2D eigenvalue weighted by Crippen LogP contribution is 2.50. The van der Waals surface area contributed by atoms with E-state index in [0.29, 0.717) is 44.2 Å². The topological polar surface area (TPSA) is 65.1 Å². The molecule has 4 rings (SSSR count). The summed E-state index contributed by atoms with van der Waals surface area (Å²) in [6.45, 7) is 7.95. The third-order valence-electron chi connectivity index (χ3n) is 6.83. The molecule has 0 saturated heterocycles. The predicted molar refractivity (Wildman–Crippen MR) is 144 cm³/mol. The number of rotatable bonds is 10. The van der Waals surface area contributed by atoms with Crippen molar-refractivity contribution in [2.75, 3.05) is 33.5 Å². The summed E-state index contributed by atoms with van der Waals surface area (Å²) in [5.74, 6) is 1.24. The van der Waals surface area contributed by atoms with Gasteiger partial charge in [0.15, 0.2) is 23.1 Å². The molecular formula is C28H34INO5. The van der Waals surface area contributed by atoms with Gasteiger partial charge in [-0.3, -0.25) is 9.59 Å². The number of methoxy groups -OCH3 is 1. The Morgan fingerprint density at radius 2 is 1.71 bits per heavy atom. The number of carbonyl (C=O) groups excluding carboxylic acids is 2. The third kappa shape index (κ3) is 5.21. The monoisotopic (exact) mass is 591 g/mol. The molecule has 0 N–H and O–H groups in total. The van der Waals surface area contributed by atoms with E-state index in [1.165, 1.54) is 0 Å². The average molecular weight is 591 g/mol. The fraction of sp³-hybridized carbons (Fsp3) is 0.500. The molecule has 1 aromatic rings. The van der Waals surface area contributed by atoms with Crippen LogP contribution in [0.15, 0.2) is 47.3 Å².